The van der Waals surface area contributed by atoms with E-state index in [1.165, 1.54) is 38.2 Å². The van der Waals surface area contributed by atoms with E-state index >= 15 is 0 Å². The third kappa shape index (κ3) is 2.25. The molecule has 0 aliphatic rings. The van der Waals surface area contributed by atoms with Crippen molar-refractivity contribution in [1.82, 2.24) is 9.97 Å². The number of hydrogen-bond acceptors (Lipinski definition) is 3. The van der Waals surface area contributed by atoms with Crippen LogP contribution >= 0.6 is 0 Å². The molecule has 2 heterocycles. The van der Waals surface area contributed by atoms with Crippen LogP contribution < -0.4 is 9.64 Å². The van der Waals surface area contributed by atoms with Crippen molar-refractivity contribution in [2.45, 2.75) is 33.7 Å². The van der Waals surface area contributed by atoms with E-state index in [2.05, 4.69) is 62.8 Å². The third-order valence-corrected chi connectivity index (χ3v) is 5.57. The summed E-state index contributed by atoms with van der Waals surface area (Å²) < 4.78 is 5.46. The van der Waals surface area contributed by atoms with Gasteiger partial charge in [-0.3, -0.25) is 0 Å². The highest BCUT2D eigenvalue weighted by atomic mass is 16.5. The van der Waals surface area contributed by atoms with Crippen molar-refractivity contribution < 1.29 is 4.74 Å². The zero-order valence-electron chi connectivity index (χ0n) is 16.3. The van der Waals surface area contributed by atoms with Crippen molar-refractivity contribution in [2.24, 2.45) is 0 Å². The first-order chi connectivity index (χ1) is 12.4. The van der Waals surface area contributed by atoms with E-state index in [1.54, 1.807) is 7.11 Å². The van der Waals surface area contributed by atoms with Gasteiger partial charge in [-0.25, -0.2) is 4.98 Å². The number of hydrogen-bond donors (Lipinski definition) is 1. The summed E-state index contributed by atoms with van der Waals surface area (Å²) in [5, 5.41) is 4.95. The number of nitrogens with zero attached hydrogens (tertiary/aromatic N) is 2. The lowest BCUT2D eigenvalue weighted by molar-refractivity contribution is 0.415. The quantitative estimate of drug-likeness (QED) is 0.544. The number of ether oxygens (including phenoxy) is 1. The zero-order valence-corrected chi connectivity index (χ0v) is 16.3. The van der Waals surface area contributed by atoms with Gasteiger partial charge in [0.15, 0.2) is 0 Å². The van der Waals surface area contributed by atoms with Crippen LogP contribution in [0, 0.1) is 13.8 Å². The molecule has 0 saturated heterocycles. The number of pyridine rings is 1. The van der Waals surface area contributed by atoms with Gasteiger partial charge in [0.1, 0.15) is 11.6 Å². The summed E-state index contributed by atoms with van der Waals surface area (Å²) in [6.07, 6.45) is 1.92. The van der Waals surface area contributed by atoms with Crippen molar-refractivity contribution in [3.8, 4) is 5.75 Å². The Morgan fingerprint density at radius 2 is 1.81 bits per heavy atom. The first-order valence-electron chi connectivity index (χ1n) is 9.04. The molecule has 134 valence electrons. The highest BCUT2D eigenvalue weighted by molar-refractivity contribution is 6.18. The highest BCUT2D eigenvalue weighted by Crippen LogP contribution is 2.40. The minimum absolute atomic E-state index is 0.381. The smallest absolute Gasteiger partial charge is 0.136 e. The molecule has 0 saturated carbocycles. The topological polar surface area (TPSA) is 41.1 Å². The van der Waals surface area contributed by atoms with E-state index in [1.807, 2.05) is 12.3 Å². The number of aromatic nitrogens is 2. The van der Waals surface area contributed by atoms with Crippen molar-refractivity contribution >= 4 is 38.4 Å². The van der Waals surface area contributed by atoms with Gasteiger partial charge in [-0.1, -0.05) is 0 Å². The molecular weight excluding hydrogens is 322 g/mol. The van der Waals surface area contributed by atoms with Gasteiger partial charge in [-0.2, -0.15) is 0 Å². The molecule has 0 amide bonds. The van der Waals surface area contributed by atoms with E-state index in [0.29, 0.717) is 6.04 Å². The molecule has 0 bridgehead atoms. The minimum atomic E-state index is 0.381. The Bertz CT molecular complexity index is 1140. The SMILES string of the molecule is COc1ccc2[nH]c3c(C)c4ccnc(N(C)C(C)C)c4c(C)c3c2c1. The van der Waals surface area contributed by atoms with Crippen molar-refractivity contribution in [2.75, 3.05) is 19.1 Å². The summed E-state index contributed by atoms with van der Waals surface area (Å²) in [4.78, 5) is 10.6. The van der Waals surface area contributed by atoms with Crippen LogP contribution in [0.15, 0.2) is 30.5 Å². The molecule has 0 aliphatic carbocycles. The molecule has 2 aromatic heterocycles. The molecule has 4 heteroatoms. The van der Waals surface area contributed by atoms with Crippen molar-refractivity contribution in [1.29, 1.82) is 0 Å². The summed E-state index contributed by atoms with van der Waals surface area (Å²) in [6.45, 7) is 8.78. The number of rotatable bonds is 3. The lowest BCUT2D eigenvalue weighted by Crippen LogP contribution is -2.26. The maximum atomic E-state index is 5.46. The molecule has 4 rings (SSSR count). The molecule has 0 fully saturated rings. The standard InChI is InChI=1S/C22H25N3O/c1-12(2)25(5)22-20-14(4)19-17-11-15(26-6)7-8-18(17)24-21(19)13(3)16(20)9-10-23-22/h7-12,24H,1-6H3. The lowest BCUT2D eigenvalue weighted by atomic mass is 9.96. The number of benzene rings is 2. The van der Waals surface area contributed by atoms with Gasteiger partial charge in [0.25, 0.3) is 0 Å². The van der Waals surface area contributed by atoms with Crippen molar-refractivity contribution in [3.63, 3.8) is 0 Å². The summed E-state index contributed by atoms with van der Waals surface area (Å²) >= 11 is 0. The largest absolute Gasteiger partial charge is 0.497 e. The van der Waals surface area contributed by atoms with Gasteiger partial charge >= 0.3 is 0 Å². The zero-order chi connectivity index (χ0) is 18.6. The molecule has 0 atom stereocenters. The first-order valence-corrected chi connectivity index (χ1v) is 9.04. The predicted molar refractivity (Wildman–Crippen MR) is 111 cm³/mol. The molecule has 0 aliphatic heterocycles. The Morgan fingerprint density at radius 1 is 1.04 bits per heavy atom. The number of H-pyrrole nitrogens is 1. The number of anilines is 1. The Kier molecular flexibility index (Phi) is 3.79. The average Bonchev–Trinajstić information content (AvgIpc) is 3.03. The van der Waals surface area contributed by atoms with E-state index in [9.17, 15) is 0 Å². The molecule has 0 spiro atoms. The maximum Gasteiger partial charge on any atom is 0.136 e. The second kappa shape index (κ2) is 5.90. The monoisotopic (exact) mass is 347 g/mol. The molecule has 26 heavy (non-hydrogen) atoms. The van der Waals surface area contributed by atoms with E-state index < -0.39 is 0 Å². The highest BCUT2D eigenvalue weighted by Gasteiger charge is 2.19. The summed E-state index contributed by atoms with van der Waals surface area (Å²) in [6, 6.07) is 8.72. The maximum absolute atomic E-state index is 5.46. The number of methoxy groups -OCH3 is 1. The van der Waals surface area contributed by atoms with E-state index in [0.717, 1.165) is 17.1 Å². The van der Waals surface area contributed by atoms with Gasteiger partial charge < -0.3 is 14.6 Å². The molecular formula is C22H25N3O. The third-order valence-electron chi connectivity index (χ3n) is 5.57. The van der Waals surface area contributed by atoms with Gasteiger partial charge in [0.05, 0.1) is 12.6 Å². The van der Waals surface area contributed by atoms with Crippen LogP contribution in [-0.2, 0) is 0 Å². The lowest BCUT2D eigenvalue weighted by Gasteiger charge is -2.25. The molecule has 0 radical (unpaired) electrons. The Labute approximate surface area is 153 Å². The van der Waals surface area contributed by atoms with Gasteiger partial charge in [0, 0.05) is 41.0 Å². The van der Waals surface area contributed by atoms with Crippen LogP contribution in [0.1, 0.15) is 25.0 Å². The number of nitrogens with one attached hydrogen (secondary N) is 1. The van der Waals surface area contributed by atoms with Gasteiger partial charge in [-0.05, 0) is 68.5 Å². The Balaban J connectivity index is 2.20. The number of fused-ring (bicyclic) bond motifs is 4. The number of aromatic amines is 1. The van der Waals surface area contributed by atoms with Gasteiger partial charge in [0.2, 0.25) is 0 Å². The number of aryl methyl sites for hydroxylation is 2. The van der Waals surface area contributed by atoms with Crippen LogP contribution in [0.2, 0.25) is 0 Å². The summed E-state index contributed by atoms with van der Waals surface area (Å²) in [5.74, 6) is 1.92. The molecule has 4 nitrogen and oxygen atoms in total. The summed E-state index contributed by atoms with van der Waals surface area (Å²) in [5.41, 5.74) is 4.85. The Morgan fingerprint density at radius 3 is 2.50 bits per heavy atom. The predicted octanol–water partition coefficient (Wildman–Crippen LogP) is 5.34. The fourth-order valence-corrected chi connectivity index (χ4v) is 3.87. The van der Waals surface area contributed by atoms with Crippen LogP contribution in [0.4, 0.5) is 5.82 Å². The van der Waals surface area contributed by atoms with Crippen molar-refractivity contribution in [3.05, 3.63) is 41.6 Å². The second-order valence-electron chi connectivity index (χ2n) is 7.30. The van der Waals surface area contributed by atoms with Crippen LogP contribution in [0.5, 0.6) is 5.75 Å². The normalized spacial score (nSPS) is 11.8. The molecule has 0 unspecified atom stereocenters. The fourth-order valence-electron chi connectivity index (χ4n) is 3.87. The van der Waals surface area contributed by atoms with E-state index in [4.69, 9.17) is 9.72 Å². The van der Waals surface area contributed by atoms with E-state index in [-0.39, 0.29) is 0 Å². The Hall–Kier alpha value is -2.75. The molecule has 2 aromatic carbocycles. The first kappa shape index (κ1) is 16.7. The second-order valence-corrected chi connectivity index (χ2v) is 7.30. The van der Waals surface area contributed by atoms with Crippen LogP contribution in [0.3, 0.4) is 0 Å². The summed E-state index contributed by atoms with van der Waals surface area (Å²) in [7, 11) is 3.83. The average molecular weight is 347 g/mol. The van der Waals surface area contributed by atoms with Crippen LogP contribution in [0.25, 0.3) is 32.6 Å². The molecule has 4 aromatic rings. The fraction of sp³-hybridized carbons (Fsp3) is 0.318. The van der Waals surface area contributed by atoms with Crippen LogP contribution in [-0.4, -0.2) is 30.2 Å². The van der Waals surface area contributed by atoms with Gasteiger partial charge in [-0.15, -0.1) is 0 Å². The minimum Gasteiger partial charge on any atom is -0.497 e. The molecule has 1 N–H and O–H groups in total.